The lowest BCUT2D eigenvalue weighted by Gasteiger charge is -2.05. The highest BCUT2D eigenvalue weighted by Gasteiger charge is 2.27. The monoisotopic (exact) mass is 254 g/mol. The van der Waals surface area contributed by atoms with Gasteiger partial charge in [-0.3, -0.25) is 4.79 Å². The molecule has 0 saturated carbocycles. The maximum Gasteiger partial charge on any atom is 0.256 e. The zero-order chi connectivity index (χ0) is 13.4. The number of nitrogens with one attached hydrogen (secondary N) is 2. The van der Waals surface area contributed by atoms with E-state index in [1.165, 1.54) is 0 Å². The van der Waals surface area contributed by atoms with Crippen molar-refractivity contribution < 1.29 is 9.53 Å². The summed E-state index contributed by atoms with van der Waals surface area (Å²) < 4.78 is 5.22. The van der Waals surface area contributed by atoms with E-state index in [9.17, 15) is 4.79 Å². The molecule has 0 radical (unpaired) electrons. The second kappa shape index (κ2) is 4.31. The van der Waals surface area contributed by atoms with Crippen LogP contribution < -0.4 is 10.1 Å². The third-order valence-electron chi connectivity index (χ3n) is 3.35. The Kier molecular flexibility index (Phi) is 2.63. The first-order valence-electron chi connectivity index (χ1n) is 6.05. The van der Waals surface area contributed by atoms with Crippen LogP contribution in [0.25, 0.3) is 11.1 Å². The summed E-state index contributed by atoms with van der Waals surface area (Å²) in [6, 6.07) is 9.45. The number of aromatic nitrogens is 1. The fourth-order valence-electron chi connectivity index (χ4n) is 2.34. The number of aromatic amines is 1. The van der Waals surface area contributed by atoms with Crippen LogP contribution in [0.1, 0.15) is 18.2 Å². The maximum atomic E-state index is 12.1. The van der Waals surface area contributed by atoms with Crippen molar-refractivity contribution in [2.45, 2.75) is 6.92 Å². The molecule has 1 aromatic carbocycles. The number of allylic oxidation sites excluding steroid dienone is 1. The van der Waals surface area contributed by atoms with Gasteiger partial charge in [-0.05, 0) is 42.8 Å². The molecule has 1 aromatic heterocycles. The zero-order valence-corrected chi connectivity index (χ0v) is 10.8. The van der Waals surface area contributed by atoms with Crippen LogP contribution >= 0.6 is 0 Å². The van der Waals surface area contributed by atoms with Crippen molar-refractivity contribution in [2.75, 3.05) is 12.4 Å². The summed E-state index contributed by atoms with van der Waals surface area (Å²) in [6.45, 7) is 1.94. The van der Waals surface area contributed by atoms with E-state index in [1.807, 2.05) is 43.5 Å². The highest BCUT2D eigenvalue weighted by molar-refractivity contribution is 6.36. The molecular formula is C15H14N2O2. The number of carbonyl (C=O) groups is 1. The van der Waals surface area contributed by atoms with Crippen LogP contribution in [-0.2, 0) is 4.79 Å². The number of amides is 1. The average molecular weight is 254 g/mol. The van der Waals surface area contributed by atoms with E-state index in [1.54, 1.807) is 7.11 Å². The molecule has 0 fully saturated rings. The fourth-order valence-corrected chi connectivity index (χ4v) is 2.34. The van der Waals surface area contributed by atoms with Crippen LogP contribution in [0, 0.1) is 0 Å². The Hall–Kier alpha value is -2.49. The minimum atomic E-state index is -0.0737. The van der Waals surface area contributed by atoms with Gasteiger partial charge in [0, 0.05) is 23.1 Å². The van der Waals surface area contributed by atoms with Crippen molar-refractivity contribution in [1.82, 2.24) is 4.98 Å². The van der Waals surface area contributed by atoms with Gasteiger partial charge in [-0.1, -0.05) is 0 Å². The Morgan fingerprint density at radius 3 is 2.79 bits per heavy atom. The molecule has 96 valence electrons. The number of rotatable bonds is 2. The number of hydrogen-bond donors (Lipinski definition) is 2. The Balaban J connectivity index is 2.19. The highest BCUT2D eigenvalue weighted by Crippen LogP contribution is 2.38. The topological polar surface area (TPSA) is 54.1 Å². The molecule has 0 bridgehead atoms. The molecule has 2 N–H and O–H groups in total. The SMILES string of the molecule is COc1ccc2c(c1)C(=C(C)c1ccc[nH]1)C(=O)N2. The molecular weight excluding hydrogens is 240 g/mol. The van der Waals surface area contributed by atoms with E-state index in [0.29, 0.717) is 5.57 Å². The predicted molar refractivity (Wildman–Crippen MR) is 74.9 cm³/mol. The molecule has 0 aliphatic carbocycles. The normalized spacial score (nSPS) is 16.0. The first-order chi connectivity index (χ1) is 9.20. The summed E-state index contributed by atoms with van der Waals surface area (Å²) in [6.07, 6.45) is 1.85. The van der Waals surface area contributed by atoms with Gasteiger partial charge >= 0.3 is 0 Å². The average Bonchev–Trinajstić information content (AvgIpc) is 3.03. The van der Waals surface area contributed by atoms with E-state index in [-0.39, 0.29) is 5.91 Å². The lowest BCUT2D eigenvalue weighted by Crippen LogP contribution is -2.05. The number of anilines is 1. The molecule has 0 unspecified atom stereocenters. The Morgan fingerprint density at radius 2 is 2.11 bits per heavy atom. The van der Waals surface area contributed by atoms with Gasteiger partial charge in [0.15, 0.2) is 0 Å². The Bertz CT molecular complexity index is 669. The van der Waals surface area contributed by atoms with Crippen molar-refractivity contribution >= 4 is 22.7 Å². The molecule has 0 atom stereocenters. The quantitative estimate of drug-likeness (QED) is 0.810. The van der Waals surface area contributed by atoms with Gasteiger partial charge in [0.1, 0.15) is 5.75 Å². The van der Waals surface area contributed by atoms with Crippen molar-refractivity contribution in [2.24, 2.45) is 0 Å². The fraction of sp³-hybridized carbons (Fsp3) is 0.133. The minimum Gasteiger partial charge on any atom is -0.497 e. The summed E-state index contributed by atoms with van der Waals surface area (Å²) in [5, 5.41) is 2.88. The summed E-state index contributed by atoms with van der Waals surface area (Å²) in [4.78, 5) is 15.3. The van der Waals surface area contributed by atoms with Crippen molar-refractivity contribution in [3.63, 3.8) is 0 Å². The second-order valence-corrected chi connectivity index (χ2v) is 4.45. The lowest BCUT2D eigenvalue weighted by molar-refractivity contribution is -0.110. The summed E-state index contributed by atoms with van der Waals surface area (Å²) in [5.41, 5.74) is 4.27. The van der Waals surface area contributed by atoms with E-state index < -0.39 is 0 Å². The Labute approximate surface area is 111 Å². The van der Waals surface area contributed by atoms with Crippen molar-refractivity contribution in [1.29, 1.82) is 0 Å². The number of benzene rings is 1. The molecule has 1 aliphatic heterocycles. The van der Waals surface area contributed by atoms with Crippen LogP contribution in [0.3, 0.4) is 0 Å². The van der Waals surface area contributed by atoms with Gasteiger partial charge in [-0.25, -0.2) is 0 Å². The van der Waals surface area contributed by atoms with Gasteiger partial charge in [0.25, 0.3) is 5.91 Å². The third-order valence-corrected chi connectivity index (χ3v) is 3.35. The Morgan fingerprint density at radius 1 is 1.26 bits per heavy atom. The van der Waals surface area contributed by atoms with Gasteiger partial charge < -0.3 is 15.0 Å². The number of methoxy groups -OCH3 is 1. The van der Waals surface area contributed by atoms with Crippen LogP contribution in [0.5, 0.6) is 5.75 Å². The summed E-state index contributed by atoms with van der Waals surface area (Å²) >= 11 is 0. The molecule has 0 spiro atoms. The molecule has 4 nitrogen and oxygen atoms in total. The number of fused-ring (bicyclic) bond motifs is 1. The van der Waals surface area contributed by atoms with Crippen molar-refractivity contribution in [3.05, 3.63) is 47.8 Å². The standard InChI is InChI=1S/C15H14N2O2/c1-9(12-4-3-7-16-12)14-11-8-10(19-2)5-6-13(11)17-15(14)18/h3-8,16H,1-2H3,(H,17,18). The third kappa shape index (κ3) is 1.81. The van der Waals surface area contributed by atoms with Crippen LogP contribution in [0.2, 0.25) is 0 Å². The molecule has 19 heavy (non-hydrogen) atoms. The number of carbonyl (C=O) groups excluding carboxylic acids is 1. The van der Waals surface area contributed by atoms with Crippen LogP contribution in [0.4, 0.5) is 5.69 Å². The van der Waals surface area contributed by atoms with E-state index in [0.717, 1.165) is 28.3 Å². The molecule has 1 amide bonds. The molecule has 1 aliphatic rings. The van der Waals surface area contributed by atoms with Gasteiger partial charge in [0.2, 0.25) is 0 Å². The molecule has 0 saturated heterocycles. The minimum absolute atomic E-state index is 0.0737. The lowest BCUT2D eigenvalue weighted by atomic mass is 10.00. The van der Waals surface area contributed by atoms with Gasteiger partial charge in [0.05, 0.1) is 12.7 Å². The number of H-pyrrole nitrogens is 1. The van der Waals surface area contributed by atoms with Crippen LogP contribution in [-0.4, -0.2) is 18.0 Å². The van der Waals surface area contributed by atoms with E-state index >= 15 is 0 Å². The predicted octanol–water partition coefficient (Wildman–Crippen LogP) is 2.91. The zero-order valence-electron chi connectivity index (χ0n) is 10.8. The smallest absolute Gasteiger partial charge is 0.256 e. The largest absolute Gasteiger partial charge is 0.497 e. The van der Waals surface area contributed by atoms with E-state index in [4.69, 9.17) is 4.74 Å². The second-order valence-electron chi connectivity index (χ2n) is 4.45. The van der Waals surface area contributed by atoms with E-state index in [2.05, 4.69) is 10.3 Å². The van der Waals surface area contributed by atoms with Crippen molar-refractivity contribution in [3.8, 4) is 5.75 Å². The van der Waals surface area contributed by atoms with Gasteiger partial charge in [-0.15, -0.1) is 0 Å². The van der Waals surface area contributed by atoms with Crippen LogP contribution in [0.15, 0.2) is 36.5 Å². The maximum absolute atomic E-state index is 12.1. The first-order valence-corrected chi connectivity index (χ1v) is 6.05. The molecule has 4 heteroatoms. The molecule has 2 aromatic rings. The number of hydrogen-bond acceptors (Lipinski definition) is 2. The molecule has 3 rings (SSSR count). The first kappa shape index (κ1) is 11.6. The molecule has 2 heterocycles. The van der Waals surface area contributed by atoms with Gasteiger partial charge in [-0.2, -0.15) is 0 Å². The summed E-state index contributed by atoms with van der Waals surface area (Å²) in [5.74, 6) is 0.669. The highest BCUT2D eigenvalue weighted by atomic mass is 16.5. The summed E-state index contributed by atoms with van der Waals surface area (Å²) in [7, 11) is 1.62. The number of ether oxygens (including phenoxy) is 1.